The van der Waals surface area contributed by atoms with Gasteiger partial charge in [0.2, 0.25) is 0 Å². The Morgan fingerprint density at radius 1 is 0.595 bits per heavy atom. The Morgan fingerprint density at radius 2 is 1.00 bits per heavy atom. The van der Waals surface area contributed by atoms with Gasteiger partial charge in [-0.2, -0.15) is 0 Å². The lowest BCUT2D eigenvalue weighted by Gasteiger charge is -2.11. The smallest absolute Gasteiger partial charge is 0.307 e. The van der Waals surface area contributed by atoms with Crippen molar-refractivity contribution >= 4 is 11.9 Å². The molecule has 218 valence electrons. The molecule has 0 aliphatic heterocycles. The first-order chi connectivity index (χ1) is 18.1. The molecule has 37 heavy (non-hydrogen) atoms. The molecular weight excluding hydrogens is 460 g/mol. The zero-order valence-corrected chi connectivity index (χ0v) is 24.8. The van der Waals surface area contributed by atoms with E-state index in [-0.39, 0.29) is 12.4 Å². The van der Waals surface area contributed by atoms with E-state index >= 15 is 0 Å². The molecule has 0 spiro atoms. The van der Waals surface area contributed by atoms with Crippen LogP contribution in [0.3, 0.4) is 0 Å². The van der Waals surface area contributed by atoms with E-state index in [0.29, 0.717) is 13.0 Å². The Morgan fingerprint density at radius 3 is 1.41 bits per heavy atom. The van der Waals surface area contributed by atoms with Crippen molar-refractivity contribution in [3.63, 3.8) is 0 Å². The van der Waals surface area contributed by atoms with Crippen LogP contribution >= 0.6 is 0 Å². The van der Waals surface area contributed by atoms with Crippen LogP contribution in [-0.2, 0) is 14.3 Å². The number of carbonyl (C=O) groups is 2. The number of carboxylic acids is 1. The number of aliphatic carboxylic acids is 1. The maximum atomic E-state index is 11.7. The van der Waals surface area contributed by atoms with Gasteiger partial charge in [0.15, 0.2) is 0 Å². The van der Waals surface area contributed by atoms with Crippen LogP contribution in [0.4, 0.5) is 0 Å². The second-order valence-electron chi connectivity index (χ2n) is 11.0. The average molecular weight is 523 g/mol. The molecule has 0 saturated carbocycles. The fourth-order valence-electron chi connectivity index (χ4n) is 4.84. The minimum Gasteiger partial charge on any atom is -0.481 e. The van der Waals surface area contributed by atoms with Crippen LogP contribution in [0.15, 0.2) is 12.2 Å². The molecule has 0 radical (unpaired) electrons. The molecule has 4 nitrogen and oxygen atoms in total. The van der Waals surface area contributed by atoms with Gasteiger partial charge >= 0.3 is 11.9 Å². The third-order valence-corrected chi connectivity index (χ3v) is 7.29. The number of allylic oxidation sites excluding steroid dienone is 2. The summed E-state index contributed by atoms with van der Waals surface area (Å²) in [5.74, 6) is -1.87. The molecule has 0 aromatic heterocycles. The van der Waals surface area contributed by atoms with Gasteiger partial charge in [-0.15, -0.1) is 0 Å². The van der Waals surface area contributed by atoms with E-state index < -0.39 is 11.9 Å². The lowest BCUT2D eigenvalue weighted by molar-refractivity contribution is -0.151. The van der Waals surface area contributed by atoms with Gasteiger partial charge in [-0.3, -0.25) is 9.59 Å². The lowest BCUT2D eigenvalue weighted by Crippen LogP contribution is -2.19. The Labute approximate surface area is 230 Å². The van der Waals surface area contributed by atoms with Crippen molar-refractivity contribution < 1.29 is 19.4 Å². The average Bonchev–Trinajstić information content (AvgIpc) is 2.89. The molecule has 1 N–H and O–H groups in total. The number of rotatable bonds is 29. The highest BCUT2D eigenvalue weighted by atomic mass is 16.5. The Hall–Kier alpha value is -1.32. The van der Waals surface area contributed by atoms with Crippen molar-refractivity contribution in [1.82, 2.24) is 0 Å². The normalized spacial score (nSPS) is 12.3. The first-order valence-corrected chi connectivity index (χ1v) is 16.1. The molecule has 0 fully saturated rings. The van der Waals surface area contributed by atoms with E-state index in [1.54, 1.807) is 0 Å². The molecule has 0 rings (SSSR count). The number of carbonyl (C=O) groups excluding carboxylic acids is 1. The second-order valence-corrected chi connectivity index (χ2v) is 11.0. The SMILES string of the molecule is CCCCCCCCCCCCCCCCC/C=C/CCCCCCCC(CC(=O)OCCC)C(=O)O. The van der Waals surface area contributed by atoms with Gasteiger partial charge in [-0.1, -0.05) is 142 Å². The predicted octanol–water partition coefficient (Wildman–Crippen LogP) is 10.6. The summed E-state index contributed by atoms with van der Waals surface area (Å²) in [7, 11) is 0. The fourth-order valence-corrected chi connectivity index (χ4v) is 4.84. The number of hydrogen-bond donors (Lipinski definition) is 1. The second kappa shape index (κ2) is 29.2. The number of hydrogen-bond acceptors (Lipinski definition) is 3. The van der Waals surface area contributed by atoms with Crippen molar-refractivity contribution in [3.05, 3.63) is 12.2 Å². The van der Waals surface area contributed by atoms with Gasteiger partial charge in [-0.25, -0.2) is 0 Å². The van der Waals surface area contributed by atoms with Gasteiger partial charge in [0.25, 0.3) is 0 Å². The van der Waals surface area contributed by atoms with E-state index in [2.05, 4.69) is 19.1 Å². The highest BCUT2D eigenvalue weighted by molar-refractivity contribution is 5.78. The van der Waals surface area contributed by atoms with Crippen molar-refractivity contribution in [2.24, 2.45) is 5.92 Å². The van der Waals surface area contributed by atoms with Gasteiger partial charge in [0, 0.05) is 0 Å². The summed E-state index contributed by atoms with van der Waals surface area (Å²) < 4.78 is 5.02. The molecular formula is C33H62O4. The van der Waals surface area contributed by atoms with E-state index in [1.807, 2.05) is 6.92 Å². The molecule has 0 aliphatic carbocycles. The first kappa shape index (κ1) is 35.7. The zero-order chi connectivity index (χ0) is 27.2. The van der Waals surface area contributed by atoms with Crippen LogP contribution in [0, 0.1) is 5.92 Å². The minimum absolute atomic E-state index is 0.000511. The molecule has 1 unspecified atom stereocenters. The molecule has 0 aromatic carbocycles. The van der Waals surface area contributed by atoms with Gasteiger partial charge < -0.3 is 9.84 Å². The summed E-state index contributed by atoms with van der Waals surface area (Å²) in [5.41, 5.74) is 0. The van der Waals surface area contributed by atoms with E-state index in [4.69, 9.17) is 4.74 Å². The molecule has 1 atom stereocenters. The molecule has 4 heteroatoms. The number of unbranched alkanes of at least 4 members (excludes halogenated alkanes) is 20. The van der Waals surface area contributed by atoms with Crippen LogP contribution in [0.25, 0.3) is 0 Å². The summed E-state index contributed by atoms with van der Waals surface area (Å²) in [6, 6.07) is 0. The summed E-state index contributed by atoms with van der Waals surface area (Å²) in [6.07, 6.45) is 35.1. The maximum absolute atomic E-state index is 11.7. The van der Waals surface area contributed by atoms with E-state index in [9.17, 15) is 14.7 Å². The van der Waals surface area contributed by atoms with Crippen molar-refractivity contribution in [1.29, 1.82) is 0 Å². The van der Waals surface area contributed by atoms with Gasteiger partial charge in [0.1, 0.15) is 0 Å². The van der Waals surface area contributed by atoms with Crippen LogP contribution in [0.1, 0.15) is 174 Å². The van der Waals surface area contributed by atoms with E-state index in [1.165, 1.54) is 116 Å². The quantitative estimate of drug-likeness (QED) is 0.0602. The summed E-state index contributed by atoms with van der Waals surface area (Å²) in [6.45, 7) is 4.59. The molecule has 0 bridgehead atoms. The molecule has 0 heterocycles. The number of esters is 1. The molecule has 0 saturated heterocycles. The Kier molecular flexibility index (Phi) is 28.2. The summed E-state index contributed by atoms with van der Waals surface area (Å²) in [4.78, 5) is 23.0. The van der Waals surface area contributed by atoms with Gasteiger partial charge in [-0.05, 0) is 38.5 Å². The molecule has 0 aromatic rings. The van der Waals surface area contributed by atoms with Crippen molar-refractivity contribution in [2.45, 2.75) is 174 Å². The Balaban J connectivity index is 3.37. The maximum Gasteiger partial charge on any atom is 0.307 e. The van der Waals surface area contributed by atoms with Crippen LogP contribution in [0.5, 0.6) is 0 Å². The highest BCUT2D eigenvalue weighted by Crippen LogP contribution is 2.17. The third kappa shape index (κ3) is 27.5. The Bertz CT molecular complexity index is 528. The van der Waals surface area contributed by atoms with Crippen molar-refractivity contribution in [3.8, 4) is 0 Å². The summed E-state index contributed by atoms with van der Waals surface area (Å²) >= 11 is 0. The monoisotopic (exact) mass is 522 g/mol. The van der Waals surface area contributed by atoms with Crippen LogP contribution < -0.4 is 0 Å². The minimum atomic E-state index is -0.882. The van der Waals surface area contributed by atoms with E-state index in [0.717, 1.165) is 32.1 Å². The highest BCUT2D eigenvalue weighted by Gasteiger charge is 2.21. The summed E-state index contributed by atoms with van der Waals surface area (Å²) in [5, 5.41) is 9.31. The standard InChI is InChI=1S/C33H62O4/c1-3-5-6-7-8-9-10-11-12-13-14-15-16-17-18-19-20-21-22-23-24-25-26-27-28-31(33(35)36)30-32(34)37-29-4-2/h20-21,31H,3-19,22-30H2,1-2H3,(H,35,36)/b21-20+. The number of ether oxygens (including phenoxy) is 1. The lowest BCUT2D eigenvalue weighted by atomic mass is 9.97. The fraction of sp³-hybridized carbons (Fsp3) is 0.879. The molecule has 0 amide bonds. The topological polar surface area (TPSA) is 63.6 Å². The largest absolute Gasteiger partial charge is 0.481 e. The van der Waals surface area contributed by atoms with Gasteiger partial charge in [0.05, 0.1) is 18.9 Å². The predicted molar refractivity (Wildman–Crippen MR) is 158 cm³/mol. The molecule has 0 aliphatic rings. The van der Waals surface area contributed by atoms with Crippen molar-refractivity contribution in [2.75, 3.05) is 6.61 Å². The first-order valence-electron chi connectivity index (χ1n) is 16.1. The van der Waals surface area contributed by atoms with Crippen LogP contribution in [0.2, 0.25) is 0 Å². The van der Waals surface area contributed by atoms with Crippen LogP contribution in [-0.4, -0.2) is 23.7 Å². The number of carboxylic acid groups (broad SMARTS) is 1. The third-order valence-electron chi connectivity index (χ3n) is 7.29. The zero-order valence-electron chi connectivity index (χ0n) is 24.8.